The van der Waals surface area contributed by atoms with Crippen molar-refractivity contribution in [3.63, 3.8) is 0 Å². The van der Waals surface area contributed by atoms with E-state index in [-0.39, 0.29) is 11.3 Å². The summed E-state index contributed by atoms with van der Waals surface area (Å²) in [5.41, 5.74) is 4.69. The lowest BCUT2D eigenvalue weighted by atomic mass is 10.1. The highest BCUT2D eigenvalue weighted by Gasteiger charge is 2.22. The van der Waals surface area contributed by atoms with Crippen LogP contribution >= 0.6 is 11.8 Å². The van der Waals surface area contributed by atoms with Crippen LogP contribution in [0.15, 0.2) is 60.8 Å². The van der Waals surface area contributed by atoms with E-state index in [1.807, 2.05) is 78.6 Å². The van der Waals surface area contributed by atoms with E-state index in [0.29, 0.717) is 5.75 Å². The monoisotopic (exact) mass is 406 g/mol. The number of aryl methyl sites for hydroxylation is 1. The first kappa shape index (κ1) is 19.1. The minimum absolute atomic E-state index is 0.0343. The molecule has 1 aliphatic heterocycles. The summed E-state index contributed by atoms with van der Waals surface area (Å²) in [4.78, 5) is 12.4. The lowest BCUT2D eigenvalue weighted by Crippen LogP contribution is -2.22. The van der Waals surface area contributed by atoms with Gasteiger partial charge in [0.25, 0.3) is 0 Å². The number of thioether (sulfide) groups is 1. The first-order valence-corrected chi connectivity index (χ1v) is 10.3. The van der Waals surface area contributed by atoms with E-state index < -0.39 is 0 Å². The molecule has 2 heterocycles. The second kappa shape index (κ2) is 8.45. The highest BCUT2D eigenvalue weighted by molar-refractivity contribution is 8.00. The Kier molecular flexibility index (Phi) is 5.57. The number of fused-ring (bicyclic) bond motifs is 1. The number of hydrogen-bond donors (Lipinski definition) is 2. The molecule has 0 aliphatic carbocycles. The Balaban J connectivity index is 1.46. The first-order chi connectivity index (χ1) is 14.1. The molecule has 0 saturated carbocycles. The molecule has 0 fully saturated rings. The summed E-state index contributed by atoms with van der Waals surface area (Å²) in [5, 5.41) is 10.9. The first-order valence-electron chi connectivity index (χ1n) is 9.28. The number of methoxy groups -OCH3 is 1. The van der Waals surface area contributed by atoms with Gasteiger partial charge in [-0.25, -0.2) is 4.68 Å². The zero-order chi connectivity index (χ0) is 20.2. The molecular formula is C22H22N4O2S. The van der Waals surface area contributed by atoms with Gasteiger partial charge in [0, 0.05) is 23.7 Å². The van der Waals surface area contributed by atoms with Gasteiger partial charge < -0.3 is 15.4 Å². The van der Waals surface area contributed by atoms with Crippen molar-refractivity contribution < 1.29 is 9.53 Å². The number of rotatable bonds is 6. The van der Waals surface area contributed by atoms with Gasteiger partial charge >= 0.3 is 0 Å². The van der Waals surface area contributed by atoms with Gasteiger partial charge in [-0.15, -0.1) is 11.8 Å². The fourth-order valence-electron chi connectivity index (χ4n) is 3.21. The Labute approximate surface area is 174 Å². The number of nitrogens with zero attached hydrogens (tertiary/aromatic N) is 2. The SMILES string of the molecule is COc1ccccc1-c1cc2n(n1)C=CN[C@@H]2SCC(=O)Nc1cccc(C)c1. The number of carbonyl (C=O) groups is 1. The molecule has 6 nitrogen and oxygen atoms in total. The maximum absolute atomic E-state index is 12.4. The van der Waals surface area contributed by atoms with E-state index in [9.17, 15) is 4.79 Å². The minimum Gasteiger partial charge on any atom is -0.496 e. The van der Waals surface area contributed by atoms with Gasteiger partial charge in [0.05, 0.1) is 24.3 Å². The Hall–Kier alpha value is -3.19. The third-order valence-electron chi connectivity index (χ3n) is 4.56. The summed E-state index contributed by atoms with van der Waals surface area (Å²) in [6.07, 6.45) is 3.72. The standard InChI is InChI=1S/C22H22N4O2S/c1-15-6-5-7-16(12-15)24-21(27)14-29-22-19-13-18(25-26(19)11-10-23-22)17-8-3-4-9-20(17)28-2/h3-13,22-23H,14H2,1-2H3,(H,24,27)/t22-/m1/s1. The van der Waals surface area contributed by atoms with E-state index in [0.717, 1.165) is 34.0 Å². The van der Waals surface area contributed by atoms with Crippen LogP contribution in [0.2, 0.25) is 0 Å². The molecule has 7 heteroatoms. The summed E-state index contributed by atoms with van der Waals surface area (Å²) >= 11 is 1.52. The third-order valence-corrected chi connectivity index (χ3v) is 5.70. The van der Waals surface area contributed by atoms with Crippen LogP contribution in [0.1, 0.15) is 16.6 Å². The zero-order valence-electron chi connectivity index (χ0n) is 16.3. The van der Waals surface area contributed by atoms with E-state index in [2.05, 4.69) is 15.7 Å². The van der Waals surface area contributed by atoms with Crippen molar-refractivity contribution in [2.75, 3.05) is 18.2 Å². The fraction of sp³-hybridized carbons (Fsp3) is 0.182. The highest BCUT2D eigenvalue weighted by atomic mass is 32.2. The third kappa shape index (κ3) is 4.30. The molecule has 29 heavy (non-hydrogen) atoms. The molecule has 0 bridgehead atoms. The average Bonchev–Trinajstić information content (AvgIpc) is 3.17. The average molecular weight is 407 g/mol. The smallest absolute Gasteiger partial charge is 0.234 e. The molecule has 1 amide bonds. The van der Waals surface area contributed by atoms with Crippen molar-refractivity contribution in [1.29, 1.82) is 0 Å². The predicted octanol–water partition coefficient (Wildman–Crippen LogP) is 4.27. The summed E-state index contributed by atoms with van der Waals surface area (Å²) in [6.45, 7) is 2.00. The number of para-hydroxylation sites is 1. The molecule has 4 rings (SSSR count). The second-order valence-corrected chi connectivity index (χ2v) is 7.78. The van der Waals surface area contributed by atoms with Gasteiger partial charge in [-0.1, -0.05) is 24.3 Å². The number of carbonyl (C=O) groups excluding carboxylic acids is 1. The van der Waals surface area contributed by atoms with Crippen molar-refractivity contribution in [2.45, 2.75) is 12.3 Å². The van der Waals surface area contributed by atoms with Crippen molar-refractivity contribution in [1.82, 2.24) is 15.1 Å². The molecule has 0 spiro atoms. The van der Waals surface area contributed by atoms with Gasteiger partial charge in [-0.3, -0.25) is 4.79 Å². The molecule has 0 unspecified atom stereocenters. The maximum atomic E-state index is 12.4. The molecule has 0 saturated heterocycles. The number of aromatic nitrogens is 2. The van der Waals surface area contributed by atoms with Gasteiger partial charge in [0.2, 0.25) is 5.91 Å². The number of amides is 1. The van der Waals surface area contributed by atoms with Gasteiger partial charge in [-0.05, 0) is 42.8 Å². The number of anilines is 1. The van der Waals surface area contributed by atoms with Gasteiger partial charge in [0.15, 0.2) is 0 Å². The van der Waals surface area contributed by atoms with Crippen LogP contribution < -0.4 is 15.4 Å². The summed E-state index contributed by atoms with van der Waals surface area (Å²) in [7, 11) is 1.65. The predicted molar refractivity (Wildman–Crippen MR) is 118 cm³/mol. The van der Waals surface area contributed by atoms with Crippen LogP contribution in [0.3, 0.4) is 0 Å². The van der Waals surface area contributed by atoms with Crippen molar-refractivity contribution in [3.05, 3.63) is 72.1 Å². The molecule has 148 valence electrons. The Morgan fingerprint density at radius 3 is 2.93 bits per heavy atom. The molecule has 0 radical (unpaired) electrons. The number of hydrogen-bond acceptors (Lipinski definition) is 5. The molecular weight excluding hydrogens is 384 g/mol. The summed E-state index contributed by atoms with van der Waals surface area (Å²) in [6, 6.07) is 17.6. The minimum atomic E-state index is -0.0702. The van der Waals surface area contributed by atoms with Crippen LogP contribution in [0.4, 0.5) is 5.69 Å². The molecule has 1 aliphatic rings. The normalized spacial score (nSPS) is 14.8. The van der Waals surface area contributed by atoms with Gasteiger partial charge in [0.1, 0.15) is 11.1 Å². The Bertz CT molecular complexity index is 1060. The molecule has 2 N–H and O–H groups in total. The second-order valence-electron chi connectivity index (χ2n) is 6.69. The number of benzene rings is 2. The summed E-state index contributed by atoms with van der Waals surface area (Å²) in [5.74, 6) is 1.07. The quantitative estimate of drug-likeness (QED) is 0.640. The van der Waals surface area contributed by atoms with Crippen LogP contribution in [-0.2, 0) is 4.79 Å². The molecule has 1 aromatic heterocycles. The fourth-order valence-corrected chi connectivity index (χ4v) is 4.12. The largest absolute Gasteiger partial charge is 0.496 e. The Morgan fingerprint density at radius 2 is 2.10 bits per heavy atom. The van der Waals surface area contributed by atoms with Gasteiger partial charge in [-0.2, -0.15) is 5.10 Å². The Morgan fingerprint density at radius 1 is 1.24 bits per heavy atom. The molecule has 2 aromatic carbocycles. The van der Waals surface area contributed by atoms with Crippen molar-refractivity contribution in [2.24, 2.45) is 0 Å². The molecule has 1 atom stereocenters. The maximum Gasteiger partial charge on any atom is 0.234 e. The molecule has 3 aromatic rings. The summed E-state index contributed by atoms with van der Waals surface area (Å²) < 4.78 is 7.30. The highest BCUT2D eigenvalue weighted by Crippen LogP contribution is 2.34. The van der Waals surface area contributed by atoms with E-state index >= 15 is 0 Å². The van der Waals surface area contributed by atoms with Crippen molar-refractivity contribution >= 4 is 29.6 Å². The van der Waals surface area contributed by atoms with E-state index in [4.69, 9.17) is 4.74 Å². The topological polar surface area (TPSA) is 68.2 Å². The number of nitrogens with one attached hydrogen (secondary N) is 2. The van der Waals surface area contributed by atoms with E-state index in [1.165, 1.54) is 11.8 Å². The lowest BCUT2D eigenvalue weighted by molar-refractivity contribution is -0.113. The van der Waals surface area contributed by atoms with Crippen LogP contribution in [0.5, 0.6) is 5.75 Å². The zero-order valence-corrected chi connectivity index (χ0v) is 17.1. The lowest BCUT2D eigenvalue weighted by Gasteiger charge is -2.20. The van der Waals surface area contributed by atoms with E-state index in [1.54, 1.807) is 7.11 Å². The van der Waals surface area contributed by atoms with Crippen molar-refractivity contribution in [3.8, 4) is 17.0 Å². The number of ether oxygens (including phenoxy) is 1. The van der Waals surface area contributed by atoms with Crippen LogP contribution in [0, 0.1) is 6.92 Å². The van der Waals surface area contributed by atoms with Crippen LogP contribution in [0.25, 0.3) is 17.5 Å². The van der Waals surface area contributed by atoms with Crippen LogP contribution in [-0.4, -0.2) is 28.6 Å².